The molecule has 0 fully saturated rings. The minimum atomic E-state index is -4.08. The summed E-state index contributed by atoms with van der Waals surface area (Å²) in [4.78, 5) is 10.1. The molecule has 12 heteroatoms. The van der Waals surface area contributed by atoms with Gasteiger partial charge >= 0.3 is 0 Å². The number of ether oxygens (including phenoxy) is 3. The molecule has 0 saturated carbocycles. The maximum atomic E-state index is 11.4. The van der Waals surface area contributed by atoms with Crippen LogP contribution in [0, 0.1) is 10.1 Å². The molecule has 0 atom stereocenters. The molecule has 0 amide bonds. The summed E-state index contributed by atoms with van der Waals surface area (Å²) in [6.45, 7) is 0. The Bertz CT molecular complexity index is 1020. The van der Waals surface area contributed by atoms with E-state index in [4.69, 9.17) is 19.3 Å². The van der Waals surface area contributed by atoms with Crippen molar-refractivity contribution in [3.63, 3.8) is 0 Å². The van der Waals surface area contributed by atoms with Crippen LogP contribution < -0.4 is 24.8 Å². The Hall–Kier alpha value is -3.38. The first-order valence-corrected chi connectivity index (χ1v) is 9.16. The molecular formula is C16H18N4O7S. The predicted octanol–water partition coefficient (Wildman–Crippen LogP) is 1.71. The van der Waals surface area contributed by atoms with Crippen LogP contribution in [0.3, 0.4) is 0 Å². The third-order valence-corrected chi connectivity index (χ3v) is 4.53. The number of rotatable bonds is 8. The van der Waals surface area contributed by atoms with Gasteiger partial charge in [-0.05, 0) is 18.2 Å². The van der Waals surface area contributed by atoms with Crippen molar-refractivity contribution in [2.75, 3.05) is 26.8 Å². The molecule has 11 nitrogen and oxygen atoms in total. The molecule has 0 aliphatic heterocycles. The van der Waals surface area contributed by atoms with Crippen LogP contribution in [-0.2, 0) is 10.0 Å². The number of nitrogens with zero attached hydrogens (tertiary/aromatic N) is 2. The topological polar surface area (TPSA) is 155 Å². The maximum absolute atomic E-state index is 11.4. The van der Waals surface area contributed by atoms with Gasteiger partial charge in [0.05, 0.1) is 37.4 Å². The number of nitro benzene ring substituents is 1. The van der Waals surface area contributed by atoms with E-state index in [1.807, 2.05) is 0 Å². The van der Waals surface area contributed by atoms with Gasteiger partial charge in [0.25, 0.3) is 5.69 Å². The predicted molar refractivity (Wildman–Crippen MR) is 102 cm³/mol. The summed E-state index contributed by atoms with van der Waals surface area (Å²) in [6.07, 6.45) is 1.36. The lowest BCUT2D eigenvalue weighted by atomic mass is 10.2. The van der Waals surface area contributed by atoms with Crippen LogP contribution in [0.5, 0.6) is 17.2 Å². The van der Waals surface area contributed by atoms with E-state index in [9.17, 15) is 18.5 Å². The lowest BCUT2D eigenvalue weighted by Gasteiger charge is -2.11. The van der Waals surface area contributed by atoms with Crippen LogP contribution >= 0.6 is 0 Å². The molecule has 0 unspecified atom stereocenters. The average Bonchev–Trinajstić information content (AvgIpc) is 2.66. The number of hydrazone groups is 1. The first-order chi connectivity index (χ1) is 13.2. The average molecular weight is 410 g/mol. The summed E-state index contributed by atoms with van der Waals surface area (Å²) >= 11 is 0. The van der Waals surface area contributed by atoms with Crippen LogP contribution in [0.4, 0.5) is 11.4 Å². The van der Waals surface area contributed by atoms with Crippen molar-refractivity contribution in [3.8, 4) is 17.2 Å². The van der Waals surface area contributed by atoms with Crippen LogP contribution in [0.1, 0.15) is 5.56 Å². The number of benzene rings is 2. The summed E-state index contributed by atoms with van der Waals surface area (Å²) in [7, 11) is 0.341. The smallest absolute Gasteiger partial charge is 0.295 e. The molecule has 0 saturated heterocycles. The number of methoxy groups -OCH3 is 3. The van der Waals surface area contributed by atoms with Gasteiger partial charge in [-0.25, -0.2) is 13.6 Å². The van der Waals surface area contributed by atoms with Gasteiger partial charge in [-0.15, -0.1) is 0 Å². The third kappa shape index (κ3) is 4.66. The van der Waals surface area contributed by atoms with E-state index >= 15 is 0 Å². The number of anilines is 1. The summed E-state index contributed by atoms with van der Waals surface area (Å²) < 4.78 is 38.4. The number of nitrogens with two attached hydrogens (primary N) is 1. The van der Waals surface area contributed by atoms with E-state index in [1.165, 1.54) is 33.6 Å². The van der Waals surface area contributed by atoms with Crippen molar-refractivity contribution in [3.05, 3.63) is 46.0 Å². The molecule has 0 radical (unpaired) electrons. The highest BCUT2D eigenvalue weighted by atomic mass is 32.2. The largest absolute Gasteiger partial charge is 0.496 e. The fourth-order valence-electron chi connectivity index (χ4n) is 2.26. The fraction of sp³-hybridized carbons (Fsp3) is 0.188. The molecule has 0 bridgehead atoms. The molecule has 2 rings (SSSR count). The van der Waals surface area contributed by atoms with Crippen molar-refractivity contribution in [2.45, 2.75) is 4.90 Å². The van der Waals surface area contributed by atoms with Crippen LogP contribution in [0.25, 0.3) is 0 Å². The Kier molecular flexibility index (Phi) is 6.38. The van der Waals surface area contributed by atoms with Gasteiger partial charge in [0, 0.05) is 17.7 Å². The number of hydrogen-bond acceptors (Lipinski definition) is 9. The lowest BCUT2D eigenvalue weighted by Crippen LogP contribution is -2.12. The Balaban J connectivity index is 2.36. The van der Waals surface area contributed by atoms with E-state index in [0.29, 0.717) is 22.8 Å². The minimum Gasteiger partial charge on any atom is -0.496 e. The zero-order valence-electron chi connectivity index (χ0n) is 15.2. The van der Waals surface area contributed by atoms with Crippen molar-refractivity contribution in [1.82, 2.24) is 0 Å². The Morgan fingerprint density at radius 1 is 1.07 bits per heavy atom. The monoisotopic (exact) mass is 410 g/mol. The first-order valence-electron chi connectivity index (χ1n) is 7.61. The lowest BCUT2D eigenvalue weighted by molar-refractivity contribution is -0.384. The highest BCUT2D eigenvalue weighted by molar-refractivity contribution is 7.89. The zero-order chi connectivity index (χ0) is 20.9. The van der Waals surface area contributed by atoms with Crippen molar-refractivity contribution < 1.29 is 27.6 Å². The van der Waals surface area contributed by atoms with E-state index in [-0.39, 0.29) is 10.6 Å². The molecule has 0 aromatic heterocycles. The summed E-state index contributed by atoms with van der Waals surface area (Å²) in [5.74, 6) is 1.33. The second-order valence-electron chi connectivity index (χ2n) is 5.30. The van der Waals surface area contributed by atoms with Crippen molar-refractivity contribution >= 4 is 27.6 Å². The standard InChI is InChI=1S/C16H18N4O7S/c1-25-14-8-16(27-3)15(26-2)6-10(14)9-18-19-12-5-4-11(28(17,23)24)7-13(12)20(21)22/h4-9,19H,1-3H3,(H2,17,23,24)/b18-9-. The molecule has 0 aliphatic rings. The summed E-state index contributed by atoms with van der Waals surface area (Å²) in [6, 6.07) is 6.40. The van der Waals surface area contributed by atoms with Crippen LogP contribution in [0.2, 0.25) is 0 Å². The molecule has 0 aliphatic carbocycles. The van der Waals surface area contributed by atoms with Crippen molar-refractivity contribution in [2.24, 2.45) is 10.2 Å². The van der Waals surface area contributed by atoms with Crippen LogP contribution in [-0.4, -0.2) is 40.9 Å². The second kappa shape index (κ2) is 8.54. The summed E-state index contributed by atoms with van der Waals surface area (Å²) in [5.41, 5.74) is 2.50. The number of hydrogen-bond donors (Lipinski definition) is 2. The molecular weight excluding hydrogens is 392 g/mol. The van der Waals surface area contributed by atoms with Gasteiger partial charge in [-0.3, -0.25) is 15.5 Å². The highest BCUT2D eigenvalue weighted by Gasteiger charge is 2.19. The van der Waals surface area contributed by atoms with Gasteiger partial charge in [-0.2, -0.15) is 5.10 Å². The number of primary sulfonamides is 1. The highest BCUT2D eigenvalue weighted by Crippen LogP contribution is 2.34. The van der Waals surface area contributed by atoms with Gasteiger partial charge in [0.15, 0.2) is 11.5 Å². The van der Waals surface area contributed by atoms with Gasteiger partial charge in [0.2, 0.25) is 10.0 Å². The van der Waals surface area contributed by atoms with Gasteiger partial charge < -0.3 is 14.2 Å². The normalized spacial score (nSPS) is 11.3. The minimum absolute atomic E-state index is 0.0203. The molecule has 2 aromatic carbocycles. The van der Waals surface area contributed by atoms with E-state index in [2.05, 4.69) is 10.5 Å². The van der Waals surface area contributed by atoms with E-state index < -0.39 is 20.6 Å². The molecule has 28 heavy (non-hydrogen) atoms. The quantitative estimate of drug-likeness (QED) is 0.378. The summed E-state index contributed by atoms with van der Waals surface area (Å²) in [5, 5.41) is 20.2. The second-order valence-corrected chi connectivity index (χ2v) is 6.86. The van der Waals surface area contributed by atoms with Gasteiger partial charge in [-0.1, -0.05) is 0 Å². The molecule has 150 valence electrons. The number of nitro groups is 1. The first kappa shape index (κ1) is 20.9. The maximum Gasteiger partial charge on any atom is 0.295 e. The fourth-order valence-corrected chi connectivity index (χ4v) is 2.79. The van der Waals surface area contributed by atoms with Gasteiger partial charge in [0.1, 0.15) is 11.4 Å². The van der Waals surface area contributed by atoms with Crippen LogP contribution in [0.15, 0.2) is 40.3 Å². The number of sulfonamides is 1. The zero-order valence-corrected chi connectivity index (χ0v) is 16.0. The van der Waals surface area contributed by atoms with E-state index in [1.54, 1.807) is 12.1 Å². The Morgan fingerprint density at radius 2 is 1.68 bits per heavy atom. The molecule has 2 aromatic rings. The Morgan fingerprint density at radius 3 is 2.21 bits per heavy atom. The Labute approximate surface area is 160 Å². The molecule has 0 heterocycles. The molecule has 0 spiro atoms. The third-order valence-electron chi connectivity index (χ3n) is 3.62. The number of nitrogens with one attached hydrogen (secondary N) is 1. The van der Waals surface area contributed by atoms with E-state index in [0.717, 1.165) is 12.1 Å². The van der Waals surface area contributed by atoms with Crippen molar-refractivity contribution in [1.29, 1.82) is 0 Å². The molecule has 3 N–H and O–H groups in total. The SMILES string of the molecule is COc1cc(OC)c(OC)cc1/C=N\Nc1ccc(S(N)(=O)=O)cc1[N+](=O)[O-].